The van der Waals surface area contributed by atoms with Gasteiger partial charge < -0.3 is 0 Å². The highest BCUT2D eigenvalue weighted by Crippen LogP contribution is 2.66. The predicted octanol–water partition coefficient (Wildman–Crippen LogP) is 6.35. The van der Waals surface area contributed by atoms with Gasteiger partial charge in [-0.15, -0.1) is 6.58 Å². The maximum absolute atomic E-state index is 12.2. The lowest BCUT2D eigenvalue weighted by molar-refractivity contribution is -0.127. The van der Waals surface area contributed by atoms with E-state index >= 15 is 0 Å². The van der Waals surface area contributed by atoms with Crippen LogP contribution in [0.2, 0.25) is 0 Å². The molecule has 1 nitrogen and oxygen atoms in total. The molecule has 0 saturated heterocycles. The number of carbonyl (C=O) groups is 1. The molecule has 3 fully saturated rings. The molecule has 0 bridgehead atoms. The highest BCUT2D eigenvalue weighted by Gasteiger charge is 2.59. The van der Waals surface area contributed by atoms with E-state index in [4.69, 9.17) is 0 Å². The quantitative estimate of drug-likeness (QED) is 0.547. The van der Waals surface area contributed by atoms with Gasteiger partial charge in [-0.3, -0.25) is 4.79 Å². The molecule has 25 heavy (non-hydrogen) atoms. The predicted molar refractivity (Wildman–Crippen MR) is 104 cm³/mol. The molecule has 0 aliphatic heterocycles. The first-order chi connectivity index (χ1) is 11.9. The van der Waals surface area contributed by atoms with Crippen molar-refractivity contribution >= 4 is 5.78 Å². The van der Waals surface area contributed by atoms with Gasteiger partial charge in [0.15, 0.2) is 0 Å². The second-order valence-corrected chi connectivity index (χ2v) is 10.2. The standard InChI is InChI=1S/C24H36O/c1-5-6-17-11-13-23(3)18(15-17)7-8-19-21-10-9-20(16(2)25)24(21,4)14-12-22(19)23/h5,7,17,19-22H,1,6,8-15H2,2-4H3/t17?,19-,20+,21-,22-,23-,24+/m0/s1. The van der Waals surface area contributed by atoms with E-state index in [1.807, 2.05) is 6.92 Å². The van der Waals surface area contributed by atoms with Crippen LogP contribution < -0.4 is 0 Å². The van der Waals surface area contributed by atoms with Gasteiger partial charge >= 0.3 is 0 Å². The SMILES string of the molecule is C=CCC1CC[C@@]2(C)C(=CC[C@H]3[C@@H]4CC[C@H](C(C)=O)[C@@]4(C)CC[C@@H]32)C1. The third-order valence-corrected chi connectivity index (χ3v) is 9.20. The number of carbonyl (C=O) groups excluding carboxylic acids is 1. The van der Waals surface area contributed by atoms with Gasteiger partial charge in [0.25, 0.3) is 0 Å². The second-order valence-electron chi connectivity index (χ2n) is 10.2. The zero-order chi connectivity index (χ0) is 17.8. The molecular weight excluding hydrogens is 304 g/mol. The Kier molecular flexibility index (Phi) is 4.28. The van der Waals surface area contributed by atoms with Crippen LogP contribution in [0, 0.1) is 40.4 Å². The summed E-state index contributed by atoms with van der Waals surface area (Å²) in [7, 11) is 0. The summed E-state index contributed by atoms with van der Waals surface area (Å²) in [6.45, 7) is 10.8. The van der Waals surface area contributed by atoms with Crippen molar-refractivity contribution in [2.75, 3.05) is 0 Å². The van der Waals surface area contributed by atoms with Crippen LogP contribution in [0.4, 0.5) is 0 Å². The normalized spacial score (nSPS) is 48.8. The van der Waals surface area contributed by atoms with Gasteiger partial charge in [0.1, 0.15) is 5.78 Å². The molecule has 0 aromatic rings. The van der Waals surface area contributed by atoms with Crippen molar-refractivity contribution in [3.8, 4) is 0 Å². The van der Waals surface area contributed by atoms with E-state index in [1.54, 1.807) is 5.57 Å². The van der Waals surface area contributed by atoms with E-state index in [0.29, 0.717) is 17.1 Å². The first-order valence-electron chi connectivity index (χ1n) is 10.7. The van der Waals surface area contributed by atoms with Crippen LogP contribution in [0.25, 0.3) is 0 Å². The van der Waals surface area contributed by atoms with Crippen LogP contribution >= 0.6 is 0 Å². The number of rotatable bonds is 3. The fraction of sp³-hybridized carbons (Fsp3) is 0.792. The molecule has 1 heteroatoms. The van der Waals surface area contributed by atoms with E-state index in [2.05, 4.69) is 32.6 Å². The Morgan fingerprint density at radius 3 is 2.72 bits per heavy atom. The van der Waals surface area contributed by atoms with Gasteiger partial charge in [-0.05, 0) is 99.2 Å². The smallest absolute Gasteiger partial charge is 0.133 e. The van der Waals surface area contributed by atoms with Crippen molar-refractivity contribution in [1.29, 1.82) is 0 Å². The van der Waals surface area contributed by atoms with Crippen LogP contribution in [-0.4, -0.2) is 5.78 Å². The minimum Gasteiger partial charge on any atom is -0.300 e. The molecule has 4 aliphatic carbocycles. The van der Waals surface area contributed by atoms with Gasteiger partial charge in [-0.25, -0.2) is 0 Å². The third kappa shape index (κ3) is 2.52. The van der Waals surface area contributed by atoms with Crippen LogP contribution in [-0.2, 0) is 4.79 Å². The molecule has 4 rings (SSSR count). The molecule has 0 amide bonds. The number of hydrogen-bond donors (Lipinski definition) is 0. The molecule has 1 unspecified atom stereocenters. The van der Waals surface area contributed by atoms with Gasteiger partial charge in [0.2, 0.25) is 0 Å². The highest BCUT2D eigenvalue weighted by atomic mass is 16.1. The largest absolute Gasteiger partial charge is 0.300 e. The second kappa shape index (κ2) is 6.10. The van der Waals surface area contributed by atoms with Gasteiger partial charge in [-0.1, -0.05) is 31.6 Å². The van der Waals surface area contributed by atoms with Crippen molar-refractivity contribution in [2.45, 2.75) is 78.6 Å². The van der Waals surface area contributed by atoms with Crippen LogP contribution in [0.3, 0.4) is 0 Å². The van der Waals surface area contributed by atoms with Crippen LogP contribution in [0.5, 0.6) is 0 Å². The van der Waals surface area contributed by atoms with Gasteiger partial charge in [0.05, 0.1) is 0 Å². The lowest BCUT2D eigenvalue weighted by Crippen LogP contribution is -2.50. The van der Waals surface area contributed by atoms with E-state index in [1.165, 1.54) is 51.4 Å². The maximum atomic E-state index is 12.2. The lowest BCUT2D eigenvalue weighted by Gasteiger charge is -2.58. The molecule has 3 saturated carbocycles. The fourth-order valence-corrected chi connectivity index (χ4v) is 7.84. The lowest BCUT2D eigenvalue weighted by atomic mass is 9.47. The molecular formula is C24H36O. The van der Waals surface area contributed by atoms with E-state index in [-0.39, 0.29) is 5.41 Å². The number of Topliss-reactive ketones (excluding diaryl/α,β-unsaturated/α-hetero) is 1. The summed E-state index contributed by atoms with van der Waals surface area (Å²) in [5, 5.41) is 0. The Hall–Kier alpha value is -0.850. The van der Waals surface area contributed by atoms with Crippen molar-refractivity contribution < 1.29 is 4.79 Å². The number of allylic oxidation sites excluding steroid dienone is 3. The number of hydrogen-bond acceptors (Lipinski definition) is 1. The van der Waals surface area contributed by atoms with Crippen molar-refractivity contribution in [1.82, 2.24) is 0 Å². The highest BCUT2D eigenvalue weighted by molar-refractivity contribution is 5.79. The number of ketones is 1. The summed E-state index contributed by atoms with van der Waals surface area (Å²) in [6.07, 6.45) is 16.3. The minimum atomic E-state index is 0.286. The van der Waals surface area contributed by atoms with Crippen molar-refractivity contribution in [3.05, 3.63) is 24.3 Å². The minimum absolute atomic E-state index is 0.286. The first-order valence-corrected chi connectivity index (χ1v) is 10.7. The van der Waals surface area contributed by atoms with Gasteiger partial charge in [-0.2, -0.15) is 0 Å². The maximum Gasteiger partial charge on any atom is 0.133 e. The topological polar surface area (TPSA) is 17.1 Å². The van der Waals surface area contributed by atoms with Crippen molar-refractivity contribution in [3.63, 3.8) is 0 Å². The molecule has 0 aromatic heterocycles. The summed E-state index contributed by atoms with van der Waals surface area (Å²) < 4.78 is 0. The summed E-state index contributed by atoms with van der Waals surface area (Å²) in [5.74, 6) is 4.08. The summed E-state index contributed by atoms with van der Waals surface area (Å²) in [4.78, 5) is 12.2. The Bertz CT molecular complexity index is 601. The molecule has 138 valence electrons. The molecule has 0 radical (unpaired) electrons. The Morgan fingerprint density at radius 2 is 2.00 bits per heavy atom. The summed E-state index contributed by atoms with van der Waals surface area (Å²) in [5.41, 5.74) is 2.50. The van der Waals surface area contributed by atoms with E-state index in [0.717, 1.165) is 30.1 Å². The molecule has 7 atom stereocenters. The first kappa shape index (κ1) is 17.6. The van der Waals surface area contributed by atoms with Crippen LogP contribution in [0.1, 0.15) is 78.6 Å². The molecule has 0 N–H and O–H groups in total. The van der Waals surface area contributed by atoms with Crippen molar-refractivity contribution in [2.24, 2.45) is 40.4 Å². The Labute approximate surface area is 154 Å². The third-order valence-electron chi connectivity index (χ3n) is 9.20. The summed E-state index contributed by atoms with van der Waals surface area (Å²) >= 11 is 0. The average molecular weight is 341 g/mol. The molecule has 0 heterocycles. The van der Waals surface area contributed by atoms with Crippen LogP contribution in [0.15, 0.2) is 24.3 Å². The monoisotopic (exact) mass is 340 g/mol. The Morgan fingerprint density at radius 1 is 1.20 bits per heavy atom. The summed E-state index contributed by atoms with van der Waals surface area (Å²) in [6, 6.07) is 0. The van der Waals surface area contributed by atoms with E-state index in [9.17, 15) is 4.79 Å². The Balaban J connectivity index is 1.61. The zero-order valence-electron chi connectivity index (χ0n) is 16.5. The average Bonchev–Trinajstić information content (AvgIpc) is 2.93. The fourth-order valence-electron chi connectivity index (χ4n) is 7.84. The van der Waals surface area contributed by atoms with E-state index < -0.39 is 0 Å². The number of fused-ring (bicyclic) bond motifs is 5. The van der Waals surface area contributed by atoms with Gasteiger partial charge in [0, 0.05) is 5.92 Å². The molecule has 0 spiro atoms. The zero-order valence-corrected chi connectivity index (χ0v) is 16.5. The molecule has 0 aromatic carbocycles. The molecule has 4 aliphatic rings.